The second kappa shape index (κ2) is 7.57. The van der Waals surface area contributed by atoms with Crippen LogP contribution in [0.15, 0.2) is 64.0 Å². The molecule has 23 heavy (non-hydrogen) atoms. The molecule has 0 saturated carbocycles. The smallest absolute Gasteiger partial charge is 0.241 e. The number of aryl methyl sites for hydroxylation is 1. The summed E-state index contributed by atoms with van der Waals surface area (Å²) in [6.07, 6.45) is 1.15. The molecular formula is C17H20BrNO3S. The van der Waals surface area contributed by atoms with E-state index in [0.717, 1.165) is 5.56 Å². The Kier molecular flexibility index (Phi) is 5.97. The molecular weight excluding hydrogens is 378 g/mol. The van der Waals surface area contributed by atoms with Crippen molar-refractivity contribution in [3.63, 3.8) is 0 Å². The van der Waals surface area contributed by atoms with Crippen molar-refractivity contribution in [1.29, 1.82) is 0 Å². The van der Waals surface area contributed by atoms with Gasteiger partial charge < -0.3 is 5.11 Å². The van der Waals surface area contributed by atoms with Gasteiger partial charge in [0, 0.05) is 11.0 Å². The molecule has 0 aliphatic carbocycles. The first kappa shape index (κ1) is 18.1. The molecule has 0 spiro atoms. The first-order valence-electron chi connectivity index (χ1n) is 7.31. The van der Waals surface area contributed by atoms with Crippen LogP contribution in [0, 0.1) is 0 Å². The topological polar surface area (TPSA) is 66.4 Å². The molecule has 4 nitrogen and oxygen atoms in total. The van der Waals surface area contributed by atoms with E-state index < -0.39 is 15.6 Å². The predicted molar refractivity (Wildman–Crippen MR) is 94.7 cm³/mol. The molecule has 124 valence electrons. The van der Waals surface area contributed by atoms with E-state index in [9.17, 15) is 13.5 Å². The monoisotopic (exact) mass is 397 g/mol. The standard InChI is InChI=1S/C17H20BrNO3S/c1-17(20,12-11-14-7-3-2-4-8-14)13-19-23(21,22)16-10-6-5-9-15(16)18/h2-10,19-20H,11-13H2,1H3/t17-/m0/s1. The zero-order valence-corrected chi connectivity index (χ0v) is 15.3. The minimum atomic E-state index is -3.66. The third-order valence-corrected chi connectivity index (χ3v) is 5.98. The predicted octanol–water partition coefficient (Wildman–Crippen LogP) is 3.11. The molecule has 2 rings (SSSR count). The molecule has 2 N–H and O–H groups in total. The zero-order valence-electron chi connectivity index (χ0n) is 12.9. The van der Waals surface area contributed by atoms with E-state index in [1.54, 1.807) is 25.1 Å². The van der Waals surface area contributed by atoms with Crippen LogP contribution in [0.5, 0.6) is 0 Å². The van der Waals surface area contributed by atoms with Crippen molar-refractivity contribution < 1.29 is 13.5 Å². The lowest BCUT2D eigenvalue weighted by atomic mass is 9.97. The molecule has 0 aromatic heterocycles. The van der Waals surface area contributed by atoms with Gasteiger partial charge in [0.25, 0.3) is 0 Å². The molecule has 0 fully saturated rings. The molecule has 0 bridgehead atoms. The van der Waals surface area contributed by atoms with Gasteiger partial charge in [0.15, 0.2) is 0 Å². The lowest BCUT2D eigenvalue weighted by Gasteiger charge is -2.24. The van der Waals surface area contributed by atoms with Gasteiger partial charge in [0.2, 0.25) is 10.0 Å². The number of benzene rings is 2. The van der Waals surface area contributed by atoms with Crippen molar-refractivity contribution in [2.75, 3.05) is 6.54 Å². The largest absolute Gasteiger partial charge is 0.389 e. The summed E-state index contributed by atoms with van der Waals surface area (Å²) in [5, 5.41) is 10.4. The van der Waals surface area contributed by atoms with E-state index in [1.807, 2.05) is 30.3 Å². The quantitative estimate of drug-likeness (QED) is 0.753. The lowest BCUT2D eigenvalue weighted by Crippen LogP contribution is -2.41. The van der Waals surface area contributed by atoms with Crippen LogP contribution in [0.25, 0.3) is 0 Å². The number of aliphatic hydroxyl groups is 1. The van der Waals surface area contributed by atoms with Crippen molar-refractivity contribution in [1.82, 2.24) is 4.72 Å². The summed E-state index contributed by atoms with van der Waals surface area (Å²) in [4.78, 5) is 0.166. The number of halogens is 1. The summed E-state index contributed by atoms with van der Waals surface area (Å²) in [5.74, 6) is 0. The lowest BCUT2D eigenvalue weighted by molar-refractivity contribution is 0.0565. The average molecular weight is 398 g/mol. The Morgan fingerprint density at radius 1 is 1.09 bits per heavy atom. The van der Waals surface area contributed by atoms with Crippen molar-refractivity contribution in [3.8, 4) is 0 Å². The van der Waals surface area contributed by atoms with Crippen LogP contribution in [0.4, 0.5) is 0 Å². The molecule has 2 aromatic carbocycles. The van der Waals surface area contributed by atoms with Crippen LogP contribution in [0.3, 0.4) is 0 Å². The molecule has 0 aliphatic heterocycles. The fourth-order valence-corrected chi connectivity index (χ4v) is 4.30. The van der Waals surface area contributed by atoms with Crippen molar-refractivity contribution in [2.45, 2.75) is 30.3 Å². The van der Waals surface area contributed by atoms with E-state index in [1.165, 1.54) is 6.07 Å². The van der Waals surface area contributed by atoms with Crippen molar-refractivity contribution in [2.24, 2.45) is 0 Å². The van der Waals surface area contributed by atoms with Crippen LogP contribution >= 0.6 is 15.9 Å². The molecule has 0 heterocycles. The maximum atomic E-state index is 12.3. The second-order valence-electron chi connectivity index (χ2n) is 5.74. The Balaban J connectivity index is 1.97. The molecule has 0 radical (unpaired) electrons. The number of hydrogen-bond acceptors (Lipinski definition) is 3. The van der Waals surface area contributed by atoms with Crippen LogP contribution in [-0.4, -0.2) is 25.7 Å². The van der Waals surface area contributed by atoms with Gasteiger partial charge in [-0.2, -0.15) is 0 Å². The Bertz CT molecular complexity index is 745. The molecule has 6 heteroatoms. The van der Waals surface area contributed by atoms with Gasteiger partial charge in [-0.3, -0.25) is 0 Å². The molecule has 0 saturated heterocycles. The normalized spacial score (nSPS) is 14.4. The summed E-state index contributed by atoms with van der Waals surface area (Å²) < 4.78 is 27.6. The van der Waals surface area contributed by atoms with E-state index in [0.29, 0.717) is 17.3 Å². The van der Waals surface area contributed by atoms with E-state index in [-0.39, 0.29) is 11.4 Å². The fourth-order valence-electron chi connectivity index (χ4n) is 2.14. The Labute approximate surface area is 145 Å². The van der Waals surface area contributed by atoms with Gasteiger partial charge in [-0.05, 0) is 53.4 Å². The Morgan fingerprint density at radius 3 is 2.35 bits per heavy atom. The van der Waals surface area contributed by atoms with Crippen molar-refractivity contribution in [3.05, 3.63) is 64.6 Å². The summed E-state index contributed by atoms with van der Waals surface area (Å²) >= 11 is 3.23. The van der Waals surface area contributed by atoms with Crippen LogP contribution in [0.2, 0.25) is 0 Å². The van der Waals surface area contributed by atoms with Crippen LogP contribution < -0.4 is 4.72 Å². The van der Waals surface area contributed by atoms with Gasteiger partial charge in [-0.15, -0.1) is 0 Å². The van der Waals surface area contributed by atoms with Gasteiger partial charge >= 0.3 is 0 Å². The second-order valence-corrected chi connectivity index (χ2v) is 8.33. The van der Waals surface area contributed by atoms with Gasteiger partial charge in [0.1, 0.15) is 0 Å². The summed E-state index contributed by atoms with van der Waals surface area (Å²) in [7, 11) is -3.66. The van der Waals surface area contributed by atoms with E-state index >= 15 is 0 Å². The molecule has 2 aromatic rings. The van der Waals surface area contributed by atoms with Gasteiger partial charge in [-0.1, -0.05) is 42.5 Å². The molecule has 0 unspecified atom stereocenters. The summed E-state index contributed by atoms with van der Waals surface area (Å²) in [6.45, 7) is 1.60. The first-order valence-corrected chi connectivity index (χ1v) is 9.58. The number of rotatable bonds is 7. The third kappa shape index (κ3) is 5.42. The SMILES string of the molecule is C[C@](O)(CCc1ccccc1)CNS(=O)(=O)c1ccccc1Br. The maximum absolute atomic E-state index is 12.3. The molecule has 0 amide bonds. The van der Waals surface area contributed by atoms with E-state index in [2.05, 4.69) is 20.7 Å². The highest BCUT2D eigenvalue weighted by molar-refractivity contribution is 9.10. The molecule has 1 atom stereocenters. The van der Waals surface area contributed by atoms with Crippen LogP contribution in [-0.2, 0) is 16.4 Å². The number of sulfonamides is 1. The highest BCUT2D eigenvalue weighted by atomic mass is 79.9. The Morgan fingerprint density at radius 2 is 1.70 bits per heavy atom. The van der Waals surface area contributed by atoms with Gasteiger partial charge in [-0.25, -0.2) is 13.1 Å². The minimum Gasteiger partial charge on any atom is -0.389 e. The Hall–Kier alpha value is -1.21. The van der Waals surface area contributed by atoms with E-state index in [4.69, 9.17) is 0 Å². The average Bonchev–Trinajstić information content (AvgIpc) is 2.53. The van der Waals surface area contributed by atoms with Crippen molar-refractivity contribution >= 4 is 26.0 Å². The highest BCUT2D eigenvalue weighted by Gasteiger charge is 2.25. The zero-order chi connectivity index (χ0) is 16.9. The van der Waals surface area contributed by atoms with Crippen LogP contribution in [0.1, 0.15) is 18.9 Å². The third-order valence-electron chi connectivity index (χ3n) is 3.56. The molecule has 0 aliphatic rings. The number of nitrogens with one attached hydrogen (secondary N) is 1. The van der Waals surface area contributed by atoms with Gasteiger partial charge in [0.05, 0.1) is 10.5 Å². The number of hydrogen-bond donors (Lipinski definition) is 2. The summed E-state index contributed by atoms with van der Waals surface area (Å²) in [6, 6.07) is 16.4. The fraction of sp³-hybridized carbons (Fsp3) is 0.294. The highest BCUT2D eigenvalue weighted by Crippen LogP contribution is 2.21. The minimum absolute atomic E-state index is 0.0382. The summed E-state index contributed by atoms with van der Waals surface area (Å²) in [5.41, 5.74) is -0.00842. The maximum Gasteiger partial charge on any atom is 0.241 e. The first-order chi connectivity index (χ1) is 10.8.